The zero-order chi connectivity index (χ0) is 25.5. The van der Waals surface area contributed by atoms with Gasteiger partial charge in [-0.2, -0.15) is 0 Å². The lowest BCUT2D eigenvalue weighted by Gasteiger charge is -2.08. The molecule has 1 amide bonds. The fourth-order valence-electron chi connectivity index (χ4n) is 2.89. The SMILES string of the molecule is NS(=O)(=O)c1ccc(CCNC(=O)COC(=O)c2ccc(S(=O)(=O)NCc3ccco3)cc2)cc1. The van der Waals surface area contributed by atoms with Crippen LogP contribution in [0.4, 0.5) is 0 Å². The zero-order valence-electron chi connectivity index (χ0n) is 18.3. The Labute approximate surface area is 202 Å². The highest BCUT2D eigenvalue weighted by Gasteiger charge is 2.16. The molecule has 3 aromatic rings. The molecule has 0 bridgehead atoms. The molecular weight excluding hydrogens is 498 g/mol. The maximum atomic E-state index is 12.3. The van der Waals surface area contributed by atoms with Gasteiger partial charge in [0, 0.05) is 6.54 Å². The molecule has 2 aromatic carbocycles. The van der Waals surface area contributed by atoms with E-state index in [4.69, 9.17) is 14.3 Å². The third-order valence-electron chi connectivity index (χ3n) is 4.74. The lowest BCUT2D eigenvalue weighted by Crippen LogP contribution is -2.30. The summed E-state index contributed by atoms with van der Waals surface area (Å²) in [5, 5.41) is 7.63. The van der Waals surface area contributed by atoms with Gasteiger partial charge >= 0.3 is 5.97 Å². The zero-order valence-corrected chi connectivity index (χ0v) is 20.0. The molecule has 0 fully saturated rings. The van der Waals surface area contributed by atoms with Crippen molar-refractivity contribution in [3.8, 4) is 0 Å². The van der Waals surface area contributed by atoms with E-state index in [2.05, 4.69) is 10.0 Å². The number of furan rings is 1. The van der Waals surface area contributed by atoms with E-state index in [1.165, 1.54) is 42.7 Å². The number of esters is 1. The van der Waals surface area contributed by atoms with E-state index in [0.717, 1.165) is 5.56 Å². The smallest absolute Gasteiger partial charge is 0.338 e. The first-order chi connectivity index (χ1) is 16.5. The second-order valence-corrected chi connectivity index (χ2v) is 10.6. The Balaban J connectivity index is 1.42. The highest BCUT2D eigenvalue weighted by molar-refractivity contribution is 7.89. The van der Waals surface area contributed by atoms with Crippen molar-refractivity contribution >= 4 is 31.9 Å². The van der Waals surface area contributed by atoms with Crippen molar-refractivity contribution in [1.82, 2.24) is 10.0 Å². The lowest BCUT2D eigenvalue weighted by atomic mass is 10.1. The van der Waals surface area contributed by atoms with Gasteiger partial charge in [-0.05, 0) is 60.5 Å². The van der Waals surface area contributed by atoms with Crippen LogP contribution >= 0.6 is 0 Å². The van der Waals surface area contributed by atoms with Gasteiger partial charge in [-0.3, -0.25) is 4.79 Å². The van der Waals surface area contributed by atoms with Crippen LogP contribution in [0.3, 0.4) is 0 Å². The number of amides is 1. The fourth-order valence-corrected chi connectivity index (χ4v) is 4.40. The van der Waals surface area contributed by atoms with Crippen molar-refractivity contribution in [2.75, 3.05) is 13.2 Å². The summed E-state index contributed by atoms with van der Waals surface area (Å²) in [6.07, 6.45) is 1.86. The van der Waals surface area contributed by atoms with E-state index >= 15 is 0 Å². The molecule has 0 spiro atoms. The third-order valence-corrected chi connectivity index (χ3v) is 7.09. The van der Waals surface area contributed by atoms with Crippen LogP contribution in [0.15, 0.2) is 81.1 Å². The van der Waals surface area contributed by atoms with E-state index in [-0.39, 0.29) is 28.4 Å². The van der Waals surface area contributed by atoms with Crippen molar-refractivity contribution in [3.63, 3.8) is 0 Å². The van der Waals surface area contributed by atoms with Gasteiger partial charge in [-0.15, -0.1) is 0 Å². The number of carbonyl (C=O) groups is 2. The molecule has 1 heterocycles. The molecule has 186 valence electrons. The number of carbonyl (C=O) groups excluding carboxylic acids is 2. The van der Waals surface area contributed by atoms with E-state index < -0.39 is 38.5 Å². The minimum Gasteiger partial charge on any atom is -0.468 e. The number of ether oxygens (including phenoxy) is 1. The number of nitrogens with two attached hydrogens (primary N) is 1. The number of sulfonamides is 2. The topological polar surface area (TPSA) is 175 Å². The van der Waals surface area contributed by atoms with Crippen LogP contribution in [0.2, 0.25) is 0 Å². The van der Waals surface area contributed by atoms with Gasteiger partial charge in [0.2, 0.25) is 20.0 Å². The molecule has 0 aliphatic rings. The first-order valence-corrected chi connectivity index (χ1v) is 13.3. The molecule has 0 radical (unpaired) electrons. The standard InChI is InChI=1S/C22H23N3O8S2/c23-34(28,29)19-7-3-16(4-8-19)11-12-24-21(26)15-33-22(27)17-5-9-20(10-6-17)35(30,31)25-14-18-2-1-13-32-18/h1-10,13,25H,11-12,14-15H2,(H,24,26)(H2,23,28,29). The van der Waals surface area contributed by atoms with E-state index in [9.17, 15) is 26.4 Å². The lowest BCUT2D eigenvalue weighted by molar-refractivity contribution is -0.124. The normalized spacial score (nSPS) is 11.7. The van der Waals surface area contributed by atoms with E-state index in [1.807, 2.05) is 0 Å². The van der Waals surface area contributed by atoms with Crippen LogP contribution in [-0.2, 0) is 42.5 Å². The highest BCUT2D eigenvalue weighted by atomic mass is 32.2. The second-order valence-electron chi connectivity index (χ2n) is 7.29. The predicted octanol–water partition coefficient (Wildman–Crippen LogP) is 0.921. The van der Waals surface area contributed by atoms with Crippen LogP contribution in [0.5, 0.6) is 0 Å². The molecule has 0 saturated carbocycles. The maximum absolute atomic E-state index is 12.3. The predicted molar refractivity (Wildman–Crippen MR) is 124 cm³/mol. The molecular formula is C22H23N3O8S2. The number of rotatable bonds is 11. The molecule has 3 rings (SSSR count). The summed E-state index contributed by atoms with van der Waals surface area (Å²) in [7, 11) is -7.58. The Kier molecular flexibility index (Phi) is 8.40. The number of nitrogens with one attached hydrogen (secondary N) is 2. The molecule has 0 atom stereocenters. The molecule has 1 aromatic heterocycles. The van der Waals surface area contributed by atoms with Gasteiger partial charge in [0.1, 0.15) is 5.76 Å². The minimum absolute atomic E-state index is 0.00651. The van der Waals surface area contributed by atoms with Crippen molar-refractivity contribution in [3.05, 3.63) is 83.8 Å². The summed E-state index contributed by atoms with van der Waals surface area (Å²) >= 11 is 0. The summed E-state index contributed by atoms with van der Waals surface area (Å²) in [5.74, 6) is -0.862. The van der Waals surface area contributed by atoms with E-state index in [0.29, 0.717) is 12.2 Å². The second kappa shape index (κ2) is 11.3. The van der Waals surface area contributed by atoms with Gasteiger partial charge in [0.15, 0.2) is 6.61 Å². The van der Waals surface area contributed by atoms with Crippen LogP contribution in [0.1, 0.15) is 21.7 Å². The summed E-state index contributed by atoms with van der Waals surface area (Å²) in [6.45, 7) is -0.300. The summed E-state index contributed by atoms with van der Waals surface area (Å²) < 4.78 is 59.6. The molecule has 0 aliphatic heterocycles. The number of benzene rings is 2. The Hall–Kier alpha value is -3.52. The van der Waals surface area contributed by atoms with Crippen LogP contribution in [0.25, 0.3) is 0 Å². The van der Waals surface area contributed by atoms with Crippen molar-refractivity contribution in [1.29, 1.82) is 0 Å². The van der Waals surface area contributed by atoms with Crippen molar-refractivity contribution < 1.29 is 35.6 Å². The molecule has 35 heavy (non-hydrogen) atoms. The van der Waals surface area contributed by atoms with Gasteiger partial charge in [0.25, 0.3) is 5.91 Å². The molecule has 13 heteroatoms. The van der Waals surface area contributed by atoms with Crippen LogP contribution in [-0.4, -0.2) is 41.9 Å². The summed E-state index contributed by atoms with van der Waals surface area (Å²) in [6, 6.07) is 14.3. The summed E-state index contributed by atoms with van der Waals surface area (Å²) in [5.41, 5.74) is 0.862. The Morgan fingerprint density at radius 1 is 0.914 bits per heavy atom. The number of hydrogen-bond acceptors (Lipinski definition) is 8. The quantitative estimate of drug-likeness (QED) is 0.312. The maximum Gasteiger partial charge on any atom is 0.338 e. The van der Waals surface area contributed by atoms with Gasteiger partial charge < -0.3 is 14.5 Å². The first kappa shape index (κ1) is 26.1. The largest absolute Gasteiger partial charge is 0.468 e. The van der Waals surface area contributed by atoms with Crippen LogP contribution < -0.4 is 15.2 Å². The number of primary sulfonamides is 1. The minimum atomic E-state index is -3.81. The molecule has 11 nitrogen and oxygen atoms in total. The fraction of sp³-hybridized carbons (Fsp3) is 0.182. The highest BCUT2D eigenvalue weighted by Crippen LogP contribution is 2.13. The molecule has 0 unspecified atom stereocenters. The summed E-state index contributed by atoms with van der Waals surface area (Å²) in [4.78, 5) is 24.0. The Bertz CT molecular complexity index is 1370. The third kappa shape index (κ3) is 7.75. The average molecular weight is 522 g/mol. The van der Waals surface area contributed by atoms with E-state index in [1.54, 1.807) is 24.3 Å². The molecule has 0 saturated heterocycles. The van der Waals surface area contributed by atoms with Crippen molar-refractivity contribution in [2.45, 2.75) is 22.8 Å². The Morgan fingerprint density at radius 2 is 1.57 bits per heavy atom. The Morgan fingerprint density at radius 3 is 2.17 bits per heavy atom. The van der Waals surface area contributed by atoms with Crippen LogP contribution in [0, 0.1) is 0 Å². The van der Waals surface area contributed by atoms with Crippen molar-refractivity contribution in [2.24, 2.45) is 5.14 Å². The monoisotopic (exact) mass is 521 g/mol. The molecule has 0 aliphatic carbocycles. The first-order valence-electron chi connectivity index (χ1n) is 10.2. The number of hydrogen-bond donors (Lipinski definition) is 3. The molecule has 4 N–H and O–H groups in total. The average Bonchev–Trinajstić information content (AvgIpc) is 3.35. The van der Waals surface area contributed by atoms with Gasteiger partial charge in [-0.25, -0.2) is 31.5 Å². The van der Waals surface area contributed by atoms with Gasteiger partial charge in [0.05, 0.1) is 28.2 Å². The van der Waals surface area contributed by atoms with Gasteiger partial charge in [-0.1, -0.05) is 12.1 Å².